The van der Waals surface area contributed by atoms with Crippen LogP contribution in [0, 0.1) is 5.82 Å². The molecule has 2 heterocycles. The van der Waals surface area contributed by atoms with Gasteiger partial charge in [-0.3, -0.25) is 0 Å². The van der Waals surface area contributed by atoms with E-state index in [1.165, 1.54) is 35.1 Å². The van der Waals surface area contributed by atoms with Crippen LogP contribution in [0.5, 0.6) is 5.88 Å². The molecule has 0 atom stereocenters. The number of ether oxygens (including phenoxy) is 1. The zero-order valence-electron chi connectivity index (χ0n) is 11.8. The van der Waals surface area contributed by atoms with Crippen molar-refractivity contribution in [1.82, 2.24) is 14.8 Å². The molecule has 2 aromatic heterocycles. The number of benzene rings is 1. The van der Waals surface area contributed by atoms with E-state index in [1.54, 1.807) is 12.1 Å². The Morgan fingerprint density at radius 3 is 2.75 bits per heavy atom. The van der Waals surface area contributed by atoms with E-state index in [-0.39, 0.29) is 11.0 Å². The molecule has 24 heavy (non-hydrogen) atoms. The number of carbonyl (C=O) groups is 1. The second kappa shape index (κ2) is 6.58. The first-order chi connectivity index (χ1) is 11.4. The lowest BCUT2D eigenvalue weighted by Gasteiger charge is -2.08. The van der Waals surface area contributed by atoms with Gasteiger partial charge < -0.3 is 9.84 Å². The molecule has 0 aliphatic rings. The average Bonchev–Trinajstić information content (AvgIpc) is 2.89. The fraction of sp³-hybridized carbons (Fsp3) is 0. The van der Waals surface area contributed by atoms with Gasteiger partial charge in [0.2, 0.25) is 5.88 Å². The lowest BCUT2D eigenvalue weighted by atomic mass is 10.1. The molecule has 1 aromatic carbocycles. The Morgan fingerprint density at radius 1 is 1.29 bits per heavy atom. The molecule has 3 rings (SSSR count). The van der Waals surface area contributed by atoms with Gasteiger partial charge in [-0.1, -0.05) is 27.5 Å². The molecular weight excluding hydrogens is 405 g/mol. The van der Waals surface area contributed by atoms with Gasteiger partial charge in [0.05, 0.1) is 11.4 Å². The van der Waals surface area contributed by atoms with E-state index in [4.69, 9.17) is 16.7 Å². The molecule has 0 amide bonds. The number of rotatable bonds is 3. The van der Waals surface area contributed by atoms with Crippen molar-refractivity contribution in [2.45, 2.75) is 0 Å². The monoisotopic (exact) mass is 411 g/mol. The topological polar surface area (TPSA) is 77.2 Å². The van der Waals surface area contributed by atoms with Crippen molar-refractivity contribution in [3.8, 4) is 22.8 Å². The predicted molar refractivity (Wildman–Crippen MR) is 88.1 cm³/mol. The quantitative estimate of drug-likeness (QED) is 0.504. The van der Waals surface area contributed by atoms with Crippen LogP contribution < -0.4 is 4.74 Å². The number of nitrogens with zero attached hydrogens (tertiary/aromatic N) is 3. The molecule has 0 bridgehead atoms. The molecule has 0 aliphatic carbocycles. The van der Waals surface area contributed by atoms with E-state index < -0.39 is 12.0 Å². The summed E-state index contributed by atoms with van der Waals surface area (Å²) in [7, 11) is 0. The first-order valence-corrected chi connectivity index (χ1v) is 7.69. The minimum Gasteiger partial charge on any atom is -0.449 e. The van der Waals surface area contributed by atoms with Gasteiger partial charge in [0.1, 0.15) is 11.0 Å². The zero-order chi connectivity index (χ0) is 17.3. The van der Waals surface area contributed by atoms with Crippen molar-refractivity contribution in [2.24, 2.45) is 0 Å². The van der Waals surface area contributed by atoms with Gasteiger partial charge in [0.15, 0.2) is 0 Å². The van der Waals surface area contributed by atoms with Crippen LogP contribution >= 0.6 is 27.5 Å². The molecule has 122 valence electrons. The summed E-state index contributed by atoms with van der Waals surface area (Å²) in [6.07, 6.45) is -0.0260. The third kappa shape index (κ3) is 3.55. The molecule has 3 aromatic rings. The van der Waals surface area contributed by atoms with E-state index >= 15 is 0 Å². The Balaban J connectivity index is 2.19. The van der Waals surface area contributed by atoms with Gasteiger partial charge >= 0.3 is 6.16 Å². The van der Waals surface area contributed by atoms with Gasteiger partial charge in [-0.25, -0.2) is 18.9 Å². The number of halogens is 3. The van der Waals surface area contributed by atoms with Gasteiger partial charge in [-0.2, -0.15) is 0 Å². The summed E-state index contributed by atoms with van der Waals surface area (Å²) in [5.74, 6) is -0.605. The van der Waals surface area contributed by atoms with Crippen molar-refractivity contribution < 1.29 is 19.0 Å². The summed E-state index contributed by atoms with van der Waals surface area (Å²) in [5, 5.41) is 13.1. The smallest absolute Gasteiger partial charge is 0.449 e. The Hall–Kier alpha value is -2.45. The van der Waals surface area contributed by atoms with E-state index in [0.717, 1.165) is 0 Å². The van der Waals surface area contributed by atoms with Crippen molar-refractivity contribution >= 4 is 33.7 Å². The van der Waals surface area contributed by atoms with Crippen LogP contribution in [-0.2, 0) is 0 Å². The van der Waals surface area contributed by atoms with E-state index in [9.17, 15) is 9.18 Å². The molecule has 0 fully saturated rings. The molecule has 6 nitrogen and oxygen atoms in total. The third-order valence-corrected chi connectivity index (χ3v) is 3.66. The predicted octanol–water partition coefficient (Wildman–Crippen LogP) is 4.55. The normalized spacial score (nSPS) is 10.6. The summed E-state index contributed by atoms with van der Waals surface area (Å²) >= 11 is 9.11. The largest absolute Gasteiger partial charge is 0.512 e. The van der Waals surface area contributed by atoms with Crippen LogP contribution in [0.4, 0.5) is 9.18 Å². The molecule has 0 saturated heterocycles. The van der Waals surface area contributed by atoms with E-state index in [1.807, 2.05) is 0 Å². The average molecular weight is 413 g/mol. The molecule has 0 unspecified atom stereocenters. The number of hydrogen-bond donors (Lipinski definition) is 1. The van der Waals surface area contributed by atoms with Gasteiger partial charge in [-0.15, -0.1) is 5.10 Å². The fourth-order valence-electron chi connectivity index (χ4n) is 2.13. The summed E-state index contributed by atoms with van der Waals surface area (Å²) < 4.78 is 20.2. The maximum atomic E-state index is 13.7. The first-order valence-electron chi connectivity index (χ1n) is 6.51. The van der Waals surface area contributed by atoms with Gasteiger partial charge in [0, 0.05) is 28.4 Å². The first kappa shape index (κ1) is 16.4. The van der Waals surface area contributed by atoms with Gasteiger partial charge in [0.25, 0.3) is 0 Å². The number of aromatic nitrogens is 3. The highest BCUT2D eigenvalue weighted by Gasteiger charge is 2.16. The van der Waals surface area contributed by atoms with Crippen molar-refractivity contribution in [1.29, 1.82) is 0 Å². The van der Waals surface area contributed by atoms with E-state index in [2.05, 4.69) is 30.7 Å². The van der Waals surface area contributed by atoms with Crippen LogP contribution in [0.15, 0.2) is 47.1 Å². The summed E-state index contributed by atoms with van der Waals surface area (Å²) in [5.41, 5.74) is 1.42. The maximum absolute atomic E-state index is 13.7. The number of pyridine rings is 1. The Bertz CT molecular complexity index is 912. The summed E-state index contributed by atoms with van der Waals surface area (Å²) in [4.78, 5) is 14.6. The van der Waals surface area contributed by atoms with Crippen LogP contribution in [-0.4, -0.2) is 26.0 Å². The number of carboxylic acid groups (broad SMARTS) is 1. The van der Waals surface area contributed by atoms with E-state index in [0.29, 0.717) is 21.4 Å². The highest BCUT2D eigenvalue weighted by molar-refractivity contribution is 9.10. The highest BCUT2D eigenvalue weighted by Crippen LogP contribution is 2.30. The zero-order valence-corrected chi connectivity index (χ0v) is 14.1. The van der Waals surface area contributed by atoms with Crippen molar-refractivity contribution in [2.75, 3.05) is 0 Å². The Morgan fingerprint density at radius 2 is 2.08 bits per heavy atom. The Kier molecular flexibility index (Phi) is 4.50. The van der Waals surface area contributed by atoms with Crippen molar-refractivity contribution in [3.63, 3.8) is 0 Å². The van der Waals surface area contributed by atoms with Gasteiger partial charge in [-0.05, 0) is 24.3 Å². The second-order valence-corrected chi connectivity index (χ2v) is 5.95. The standard InChI is InChI=1S/C15H8BrClFN3O3/c16-9-3-8(4-10(18)5-9)12-7-14(24-15(22)23)20-21(12)11-1-2-19-13(17)6-11/h1-7H,(H,22,23). The Labute approximate surface area is 148 Å². The second-order valence-electron chi connectivity index (χ2n) is 4.64. The molecule has 0 radical (unpaired) electrons. The SMILES string of the molecule is O=C(O)Oc1cc(-c2cc(F)cc(Br)c2)n(-c2ccnc(Cl)c2)n1. The lowest BCUT2D eigenvalue weighted by Crippen LogP contribution is -2.04. The molecule has 1 N–H and O–H groups in total. The molecular formula is C15H8BrClFN3O3. The summed E-state index contributed by atoms with van der Waals surface area (Å²) in [6.45, 7) is 0. The van der Waals surface area contributed by atoms with Crippen LogP contribution in [0.1, 0.15) is 0 Å². The molecule has 0 spiro atoms. The third-order valence-electron chi connectivity index (χ3n) is 2.99. The highest BCUT2D eigenvalue weighted by atomic mass is 79.9. The maximum Gasteiger partial charge on any atom is 0.512 e. The minimum absolute atomic E-state index is 0.147. The fourth-order valence-corrected chi connectivity index (χ4v) is 2.76. The molecule has 9 heteroatoms. The van der Waals surface area contributed by atoms with Crippen LogP contribution in [0.25, 0.3) is 16.9 Å². The van der Waals surface area contributed by atoms with Crippen LogP contribution in [0.2, 0.25) is 5.15 Å². The minimum atomic E-state index is -1.50. The number of hydrogen-bond acceptors (Lipinski definition) is 4. The van der Waals surface area contributed by atoms with Crippen LogP contribution in [0.3, 0.4) is 0 Å². The van der Waals surface area contributed by atoms with Crippen molar-refractivity contribution in [3.05, 3.63) is 58.0 Å². The molecule has 0 aliphatic heterocycles. The summed E-state index contributed by atoms with van der Waals surface area (Å²) in [6, 6.07) is 8.83. The molecule has 0 saturated carbocycles. The lowest BCUT2D eigenvalue weighted by molar-refractivity contribution is 0.142.